The average molecular weight is 403 g/mol. The lowest BCUT2D eigenvalue weighted by Crippen LogP contribution is -2.41. The molecule has 8 nitrogen and oxygen atoms in total. The summed E-state index contributed by atoms with van der Waals surface area (Å²) < 4.78 is 16.7. The van der Waals surface area contributed by atoms with Crippen LogP contribution in [0.5, 0.6) is 5.75 Å². The van der Waals surface area contributed by atoms with Gasteiger partial charge in [-0.25, -0.2) is 4.98 Å². The first-order chi connectivity index (χ1) is 14.1. The monoisotopic (exact) mass is 403 g/mol. The van der Waals surface area contributed by atoms with E-state index in [1.165, 1.54) is 0 Å². The van der Waals surface area contributed by atoms with Gasteiger partial charge in [-0.1, -0.05) is 18.2 Å². The minimum Gasteiger partial charge on any atom is -0.491 e. The summed E-state index contributed by atoms with van der Waals surface area (Å²) in [6.07, 6.45) is -0.690. The van der Waals surface area contributed by atoms with E-state index in [2.05, 4.69) is 9.97 Å². The van der Waals surface area contributed by atoms with Gasteiger partial charge in [-0.05, 0) is 26.0 Å². The lowest BCUT2D eigenvalue weighted by Gasteiger charge is -2.29. The minimum absolute atomic E-state index is 0.186. The van der Waals surface area contributed by atoms with Crippen molar-refractivity contribution in [3.63, 3.8) is 0 Å². The second-order valence-electron chi connectivity index (χ2n) is 6.88. The van der Waals surface area contributed by atoms with Crippen LogP contribution in [0.3, 0.4) is 0 Å². The Morgan fingerprint density at radius 2 is 1.93 bits per heavy atom. The zero-order valence-corrected chi connectivity index (χ0v) is 17.0. The highest BCUT2D eigenvalue weighted by Crippen LogP contribution is 2.19. The van der Waals surface area contributed by atoms with E-state index in [0.29, 0.717) is 50.7 Å². The first-order valence-electron chi connectivity index (χ1n) is 10.0. The van der Waals surface area contributed by atoms with Crippen molar-refractivity contribution in [1.29, 1.82) is 0 Å². The molecule has 0 saturated carbocycles. The van der Waals surface area contributed by atoms with Gasteiger partial charge in [0.2, 0.25) is 6.29 Å². The van der Waals surface area contributed by atoms with E-state index in [1.54, 1.807) is 0 Å². The molecule has 8 heteroatoms. The molecule has 1 aromatic carbocycles. The number of aliphatic hydroxyl groups excluding tert-OH is 1. The van der Waals surface area contributed by atoms with Crippen molar-refractivity contribution in [3.05, 3.63) is 57.8 Å². The number of H-pyrrole nitrogens is 1. The number of aromatic amines is 1. The Balaban J connectivity index is 1.61. The van der Waals surface area contributed by atoms with Crippen LogP contribution in [0, 0.1) is 0 Å². The Labute approximate surface area is 170 Å². The van der Waals surface area contributed by atoms with Crippen molar-refractivity contribution in [2.24, 2.45) is 0 Å². The molecule has 0 bridgehead atoms. The van der Waals surface area contributed by atoms with Gasteiger partial charge in [-0.15, -0.1) is 0 Å². The number of aromatic nitrogens is 2. The number of nitrogens with one attached hydrogen (secondary N) is 1. The average Bonchev–Trinajstić information content (AvgIpc) is 2.73. The maximum Gasteiger partial charge on any atom is 0.255 e. The third-order valence-electron chi connectivity index (χ3n) is 4.68. The number of ether oxygens (including phenoxy) is 3. The second kappa shape index (κ2) is 10.5. The highest BCUT2D eigenvalue weighted by atomic mass is 16.7. The number of β-amino-alcohol motifs (C(OH)–C–C–N with tert-alkyl or cyclic N) is 1. The fraction of sp³-hybridized carbons (Fsp3) is 0.524. The maximum absolute atomic E-state index is 12.6. The third-order valence-corrected chi connectivity index (χ3v) is 4.68. The van der Waals surface area contributed by atoms with Gasteiger partial charge >= 0.3 is 0 Å². The molecule has 0 radical (unpaired) electrons. The quantitative estimate of drug-likeness (QED) is 0.582. The molecule has 2 aromatic rings. The summed E-state index contributed by atoms with van der Waals surface area (Å²) >= 11 is 0. The molecule has 0 fully saturated rings. The van der Waals surface area contributed by atoms with E-state index in [1.807, 2.05) is 49.1 Å². The molecule has 1 aliphatic rings. The number of benzene rings is 1. The normalized spacial score (nSPS) is 15.3. The molecule has 0 amide bonds. The van der Waals surface area contributed by atoms with Gasteiger partial charge in [-0.2, -0.15) is 0 Å². The van der Waals surface area contributed by atoms with Gasteiger partial charge in [0.05, 0.1) is 11.3 Å². The molecule has 0 spiro atoms. The molecule has 2 heterocycles. The van der Waals surface area contributed by atoms with Crippen molar-refractivity contribution < 1.29 is 19.3 Å². The van der Waals surface area contributed by atoms with E-state index in [0.717, 1.165) is 11.4 Å². The molecule has 1 aromatic heterocycles. The number of para-hydroxylation sites is 1. The summed E-state index contributed by atoms with van der Waals surface area (Å²) in [5.41, 5.74) is 1.21. The van der Waals surface area contributed by atoms with E-state index < -0.39 is 12.4 Å². The highest BCUT2D eigenvalue weighted by Gasteiger charge is 2.25. The Morgan fingerprint density at radius 1 is 1.21 bits per heavy atom. The fourth-order valence-corrected chi connectivity index (χ4v) is 3.34. The zero-order valence-electron chi connectivity index (χ0n) is 17.0. The van der Waals surface area contributed by atoms with Crippen LogP contribution in [0.1, 0.15) is 37.2 Å². The first kappa shape index (κ1) is 21.4. The summed E-state index contributed by atoms with van der Waals surface area (Å²) in [6.45, 7) is 6.43. The van der Waals surface area contributed by atoms with E-state index in [4.69, 9.17) is 14.2 Å². The van der Waals surface area contributed by atoms with Crippen molar-refractivity contribution in [2.45, 2.75) is 39.2 Å². The summed E-state index contributed by atoms with van der Waals surface area (Å²) in [7, 11) is 0. The van der Waals surface area contributed by atoms with E-state index in [9.17, 15) is 9.90 Å². The molecule has 0 saturated heterocycles. The maximum atomic E-state index is 12.6. The summed E-state index contributed by atoms with van der Waals surface area (Å²) in [6, 6.07) is 9.39. The van der Waals surface area contributed by atoms with Crippen LogP contribution >= 0.6 is 0 Å². The van der Waals surface area contributed by atoms with Crippen LogP contribution in [-0.2, 0) is 22.4 Å². The van der Waals surface area contributed by atoms with Crippen molar-refractivity contribution in [2.75, 3.05) is 32.9 Å². The number of nitrogens with zero attached hydrogens (tertiary/aromatic N) is 2. The summed E-state index contributed by atoms with van der Waals surface area (Å²) in [5, 5.41) is 10.3. The van der Waals surface area contributed by atoms with Gasteiger partial charge in [0, 0.05) is 39.3 Å². The van der Waals surface area contributed by atoms with Gasteiger partial charge in [0.25, 0.3) is 5.56 Å². The fourth-order valence-electron chi connectivity index (χ4n) is 3.34. The molecule has 3 rings (SSSR count). The molecule has 1 atom stereocenters. The Hall–Kier alpha value is -2.26. The third kappa shape index (κ3) is 5.86. The van der Waals surface area contributed by atoms with Crippen molar-refractivity contribution in [3.8, 4) is 5.75 Å². The highest BCUT2D eigenvalue weighted by molar-refractivity contribution is 5.22. The summed E-state index contributed by atoms with van der Waals surface area (Å²) in [5.74, 6) is 1.13. The lowest BCUT2D eigenvalue weighted by molar-refractivity contribution is -0.145. The van der Waals surface area contributed by atoms with E-state index in [-0.39, 0.29) is 12.2 Å². The number of hydrogen-bond donors (Lipinski definition) is 2. The van der Waals surface area contributed by atoms with Gasteiger partial charge in [0.1, 0.15) is 18.5 Å². The van der Waals surface area contributed by atoms with Crippen molar-refractivity contribution in [1.82, 2.24) is 14.9 Å². The molecule has 2 N–H and O–H groups in total. The van der Waals surface area contributed by atoms with Crippen LogP contribution in [0.25, 0.3) is 0 Å². The lowest BCUT2D eigenvalue weighted by atomic mass is 10.1. The molecule has 1 aliphatic heterocycles. The minimum atomic E-state index is -0.669. The van der Waals surface area contributed by atoms with Crippen LogP contribution in [0.15, 0.2) is 35.1 Å². The summed E-state index contributed by atoms with van der Waals surface area (Å²) in [4.78, 5) is 22.0. The van der Waals surface area contributed by atoms with Crippen molar-refractivity contribution >= 4 is 0 Å². The topological polar surface area (TPSA) is 96.9 Å². The Bertz CT molecular complexity index is 821. The number of aliphatic hydroxyl groups is 1. The number of fused-ring (bicyclic) bond motifs is 1. The Kier molecular flexibility index (Phi) is 7.76. The zero-order chi connectivity index (χ0) is 20.6. The van der Waals surface area contributed by atoms with Crippen LogP contribution in [-0.4, -0.2) is 59.0 Å². The predicted molar refractivity (Wildman–Crippen MR) is 108 cm³/mol. The Morgan fingerprint density at radius 3 is 2.62 bits per heavy atom. The standard InChI is InChI=1S/C21H29N3O5/c1-3-27-21(28-4-2)19-22-18-10-11-24(13-17(18)20(26)23-19)12-15(25)14-29-16-8-6-5-7-9-16/h5-9,15,21,25H,3-4,10-14H2,1-2H3,(H,22,23,26). The predicted octanol–water partition coefficient (Wildman–Crippen LogP) is 1.64. The van der Waals surface area contributed by atoms with Crippen LogP contribution in [0.4, 0.5) is 0 Å². The van der Waals surface area contributed by atoms with Gasteiger partial charge in [0.15, 0.2) is 5.82 Å². The number of rotatable bonds is 10. The molecule has 29 heavy (non-hydrogen) atoms. The largest absolute Gasteiger partial charge is 0.491 e. The number of hydrogen-bond acceptors (Lipinski definition) is 7. The molecule has 0 aliphatic carbocycles. The smallest absolute Gasteiger partial charge is 0.255 e. The van der Waals surface area contributed by atoms with Gasteiger partial charge in [-0.3, -0.25) is 9.69 Å². The molecular weight excluding hydrogens is 374 g/mol. The first-order valence-corrected chi connectivity index (χ1v) is 10.0. The molecule has 1 unspecified atom stereocenters. The van der Waals surface area contributed by atoms with E-state index >= 15 is 0 Å². The molecular formula is C21H29N3O5. The van der Waals surface area contributed by atoms with Crippen LogP contribution in [0.2, 0.25) is 0 Å². The molecule has 158 valence electrons. The SMILES string of the molecule is CCOC(OCC)c1nc2c(c(=O)[nH]1)CN(CC(O)COc1ccccc1)CC2. The van der Waals surface area contributed by atoms with Crippen LogP contribution < -0.4 is 10.3 Å². The second-order valence-corrected chi connectivity index (χ2v) is 6.88. The van der Waals surface area contributed by atoms with Gasteiger partial charge < -0.3 is 24.3 Å².